The lowest BCUT2D eigenvalue weighted by molar-refractivity contribution is -0.174. The average Bonchev–Trinajstić information content (AvgIpc) is 2.92. The summed E-state index contributed by atoms with van der Waals surface area (Å²) in [7, 11) is 2.01. The maximum absolute atomic E-state index is 12.8. The van der Waals surface area contributed by atoms with Gasteiger partial charge in [0, 0.05) is 37.7 Å². The molecule has 1 saturated heterocycles. The van der Waals surface area contributed by atoms with Crippen molar-refractivity contribution in [2.45, 2.75) is 31.1 Å². The zero-order valence-corrected chi connectivity index (χ0v) is 18.0. The predicted molar refractivity (Wildman–Crippen MR) is 121 cm³/mol. The van der Waals surface area contributed by atoms with Gasteiger partial charge in [0.2, 0.25) is 0 Å². The summed E-state index contributed by atoms with van der Waals surface area (Å²) in [5.41, 5.74) is 6.21. The van der Waals surface area contributed by atoms with Gasteiger partial charge in [-0.25, -0.2) is 0 Å². The number of halogens is 3. The van der Waals surface area contributed by atoms with E-state index in [4.69, 9.17) is 0 Å². The number of anilines is 3. The summed E-state index contributed by atoms with van der Waals surface area (Å²) in [5, 5.41) is 2.20. The topological polar surface area (TPSA) is 48.5 Å². The molecule has 2 aliphatic rings. The number of carbonyl (C=O) groups excluding carboxylic acids is 1. The first-order valence-corrected chi connectivity index (χ1v) is 10.8. The highest BCUT2D eigenvalue weighted by molar-refractivity contribution is 5.86. The Bertz CT molecular complexity index is 1180. The van der Waals surface area contributed by atoms with Gasteiger partial charge in [-0.15, -0.1) is 0 Å². The van der Waals surface area contributed by atoms with E-state index in [1.54, 1.807) is 12.4 Å². The monoisotopic (exact) mass is 452 g/mol. The summed E-state index contributed by atoms with van der Waals surface area (Å²) in [5.74, 6) is -1.87. The summed E-state index contributed by atoms with van der Waals surface area (Å²) >= 11 is 0. The Morgan fingerprint density at radius 2 is 1.76 bits per heavy atom. The van der Waals surface area contributed by atoms with Gasteiger partial charge >= 0.3 is 12.1 Å². The number of nitrogens with zero attached hydrogens (tertiary/aromatic N) is 3. The fourth-order valence-electron chi connectivity index (χ4n) is 4.91. The van der Waals surface area contributed by atoms with Gasteiger partial charge in [-0.1, -0.05) is 24.3 Å². The standard InChI is InChI=1S/C25H23F3N4O/c1-31-20-5-3-2-4-19(20)22-15-18(30-24(33)25(26,27)28)10-13-32(22)21-7-6-17(14-23(21)31)16-8-11-29-12-9-16/h2-9,11-12,14,18,22H,10,13,15H2,1H3,(H,30,33)/t18-,22-/m1/s1. The number of fused-ring (bicyclic) bond motifs is 5. The molecule has 0 unspecified atom stereocenters. The van der Waals surface area contributed by atoms with Crippen LogP contribution in [0.25, 0.3) is 11.1 Å². The maximum atomic E-state index is 12.8. The molecule has 2 aliphatic heterocycles. The summed E-state index contributed by atoms with van der Waals surface area (Å²) in [4.78, 5) is 20.1. The molecule has 3 aromatic rings. The molecule has 1 N–H and O–H groups in total. The molecule has 0 saturated carbocycles. The summed E-state index contributed by atoms with van der Waals surface area (Å²) < 4.78 is 38.5. The van der Waals surface area contributed by atoms with Crippen molar-refractivity contribution in [3.63, 3.8) is 0 Å². The molecule has 8 heteroatoms. The fraction of sp³-hybridized carbons (Fsp3) is 0.280. The molecule has 1 amide bonds. The van der Waals surface area contributed by atoms with Crippen LogP contribution in [0.2, 0.25) is 0 Å². The van der Waals surface area contributed by atoms with Crippen LogP contribution < -0.4 is 15.1 Å². The molecule has 170 valence electrons. The molecule has 0 radical (unpaired) electrons. The minimum Gasteiger partial charge on any atom is -0.363 e. The van der Waals surface area contributed by atoms with Crippen LogP contribution in [0, 0.1) is 0 Å². The summed E-state index contributed by atoms with van der Waals surface area (Å²) in [6.07, 6.45) is -0.519. The molecule has 5 nitrogen and oxygen atoms in total. The highest BCUT2D eigenvalue weighted by atomic mass is 19.4. The smallest absolute Gasteiger partial charge is 0.363 e. The Morgan fingerprint density at radius 3 is 2.52 bits per heavy atom. The van der Waals surface area contributed by atoms with Crippen LogP contribution >= 0.6 is 0 Å². The third kappa shape index (κ3) is 3.90. The van der Waals surface area contributed by atoms with Crippen molar-refractivity contribution in [3.8, 4) is 11.1 Å². The van der Waals surface area contributed by atoms with Crippen LogP contribution in [0.15, 0.2) is 67.0 Å². The minimum absolute atomic E-state index is 0.149. The van der Waals surface area contributed by atoms with E-state index in [-0.39, 0.29) is 6.04 Å². The molecule has 5 rings (SSSR count). The van der Waals surface area contributed by atoms with Gasteiger partial charge < -0.3 is 15.1 Å². The van der Waals surface area contributed by atoms with Crippen LogP contribution in [0.3, 0.4) is 0 Å². The Balaban J connectivity index is 1.55. The number of aromatic nitrogens is 1. The molecule has 33 heavy (non-hydrogen) atoms. The van der Waals surface area contributed by atoms with E-state index in [1.165, 1.54) is 0 Å². The predicted octanol–water partition coefficient (Wildman–Crippen LogP) is 5.22. The molecule has 2 atom stereocenters. The second-order valence-corrected chi connectivity index (χ2v) is 8.46. The highest BCUT2D eigenvalue weighted by Crippen LogP contribution is 2.48. The van der Waals surface area contributed by atoms with Crippen molar-refractivity contribution in [2.24, 2.45) is 0 Å². The number of carbonyl (C=O) groups is 1. The number of rotatable bonds is 2. The highest BCUT2D eigenvalue weighted by Gasteiger charge is 2.42. The number of para-hydroxylation sites is 1. The first kappa shape index (κ1) is 21.3. The van der Waals surface area contributed by atoms with E-state index in [1.807, 2.05) is 43.4 Å². The first-order valence-electron chi connectivity index (χ1n) is 10.8. The average molecular weight is 452 g/mol. The second-order valence-electron chi connectivity index (χ2n) is 8.46. The Hall–Kier alpha value is -3.55. The van der Waals surface area contributed by atoms with E-state index < -0.39 is 18.1 Å². The zero-order chi connectivity index (χ0) is 23.2. The summed E-state index contributed by atoms with van der Waals surface area (Å²) in [6.45, 7) is 0.539. The first-order chi connectivity index (χ1) is 15.8. The van der Waals surface area contributed by atoms with Crippen molar-refractivity contribution in [3.05, 3.63) is 72.6 Å². The molecule has 1 fully saturated rings. The van der Waals surface area contributed by atoms with Crippen LogP contribution in [0.5, 0.6) is 0 Å². The Labute approximate surface area is 189 Å². The van der Waals surface area contributed by atoms with E-state index in [9.17, 15) is 18.0 Å². The molecule has 2 aromatic carbocycles. The van der Waals surface area contributed by atoms with Gasteiger partial charge in [-0.2, -0.15) is 13.2 Å². The SMILES string of the molecule is CN1c2ccccc2[C@H]2C[C@H](NC(=O)C(F)(F)F)CCN2c2ccc(-c3ccncc3)cc21. The number of alkyl halides is 3. The van der Waals surface area contributed by atoms with E-state index in [2.05, 4.69) is 38.3 Å². The van der Waals surface area contributed by atoms with Crippen molar-refractivity contribution < 1.29 is 18.0 Å². The van der Waals surface area contributed by atoms with Crippen molar-refractivity contribution in [2.75, 3.05) is 23.4 Å². The van der Waals surface area contributed by atoms with Gasteiger partial charge in [-0.05, 0) is 59.9 Å². The Kier molecular flexibility index (Phi) is 5.23. The van der Waals surface area contributed by atoms with Gasteiger partial charge in [0.1, 0.15) is 0 Å². The van der Waals surface area contributed by atoms with Gasteiger partial charge in [-0.3, -0.25) is 9.78 Å². The number of benzene rings is 2. The third-order valence-corrected chi connectivity index (χ3v) is 6.51. The van der Waals surface area contributed by atoms with Gasteiger partial charge in [0.05, 0.1) is 17.4 Å². The van der Waals surface area contributed by atoms with Crippen LogP contribution in [0.4, 0.5) is 30.2 Å². The van der Waals surface area contributed by atoms with E-state index >= 15 is 0 Å². The number of pyridine rings is 1. The lowest BCUT2D eigenvalue weighted by Gasteiger charge is -2.41. The van der Waals surface area contributed by atoms with Crippen LogP contribution in [-0.4, -0.2) is 36.7 Å². The van der Waals surface area contributed by atoms with Gasteiger partial charge in [0.25, 0.3) is 0 Å². The van der Waals surface area contributed by atoms with Gasteiger partial charge in [0.15, 0.2) is 0 Å². The molecule has 3 heterocycles. The molecule has 0 bridgehead atoms. The largest absolute Gasteiger partial charge is 0.471 e. The fourth-order valence-corrected chi connectivity index (χ4v) is 4.91. The number of hydrogen-bond acceptors (Lipinski definition) is 4. The third-order valence-electron chi connectivity index (χ3n) is 6.51. The quantitative estimate of drug-likeness (QED) is 0.579. The second kappa shape index (κ2) is 8.10. The lowest BCUT2D eigenvalue weighted by Crippen LogP contribution is -2.49. The van der Waals surface area contributed by atoms with E-state index in [0.717, 1.165) is 33.8 Å². The minimum atomic E-state index is -4.88. The number of amides is 1. The molecular formula is C25H23F3N4O. The maximum Gasteiger partial charge on any atom is 0.471 e. The molecular weight excluding hydrogens is 429 g/mol. The van der Waals surface area contributed by atoms with Crippen LogP contribution in [-0.2, 0) is 4.79 Å². The normalized spacial score (nSPS) is 19.8. The van der Waals surface area contributed by atoms with Crippen molar-refractivity contribution in [1.82, 2.24) is 10.3 Å². The van der Waals surface area contributed by atoms with Crippen LogP contribution in [0.1, 0.15) is 24.4 Å². The number of piperidine rings is 1. The Morgan fingerprint density at radius 1 is 1.00 bits per heavy atom. The molecule has 1 aromatic heterocycles. The van der Waals surface area contributed by atoms with E-state index in [0.29, 0.717) is 19.4 Å². The molecule has 0 spiro atoms. The number of nitrogens with one attached hydrogen (secondary N) is 1. The molecule has 0 aliphatic carbocycles. The lowest BCUT2D eigenvalue weighted by atomic mass is 9.90. The van der Waals surface area contributed by atoms with Crippen molar-refractivity contribution in [1.29, 1.82) is 0 Å². The summed E-state index contributed by atoms with van der Waals surface area (Å²) in [6, 6.07) is 17.5. The van der Waals surface area contributed by atoms with Crippen molar-refractivity contribution >= 4 is 23.0 Å². The number of hydrogen-bond donors (Lipinski definition) is 1. The zero-order valence-electron chi connectivity index (χ0n) is 18.0.